The van der Waals surface area contributed by atoms with Gasteiger partial charge in [-0.1, -0.05) is 26.0 Å². The van der Waals surface area contributed by atoms with Gasteiger partial charge in [0.2, 0.25) is 10.0 Å². The van der Waals surface area contributed by atoms with Crippen LogP contribution >= 0.6 is 0 Å². The molecule has 0 spiro atoms. The number of sulfonamides is 1. The van der Waals surface area contributed by atoms with E-state index in [0.717, 1.165) is 30.9 Å². The standard InChI is InChI=1S/C20H30N4O2S/c1-15(2)18-6-8-19(9-7-18)27(25,26)24-12-10-23(11-13-24)14-20-16(3)21-22(5)17(20)4/h6-9,15H,10-14H2,1-5H3. The van der Waals surface area contributed by atoms with Crippen molar-refractivity contribution in [1.29, 1.82) is 0 Å². The van der Waals surface area contributed by atoms with Crippen LogP contribution in [0.1, 0.15) is 42.3 Å². The van der Waals surface area contributed by atoms with Gasteiger partial charge in [-0.05, 0) is 37.5 Å². The molecule has 0 bridgehead atoms. The van der Waals surface area contributed by atoms with Gasteiger partial charge >= 0.3 is 0 Å². The van der Waals surface area contributed by atoms with Crippen LogP contribution in [0.4, 0.5) is 0 Å². The van der Waals surface area contributed by atoms with E-state index in [1.807, 2.05) is 30.8 Å². The predicted molar refractivity (Wildman–Crippen MR) is 107 cm³/mol. The molecular formula is C20H30N4O2S. The minimum atomic E-state index is -3.42. The van der Waals surface area contributed by atoms with Crippen molar-refractivity contribution in [2.24, 2.45) is 7.05 Å². The molecule has 3 rings (SSSR count). The van der Waals surface area contributed by atoms with Gasteiger partial charge in [0, 0.05) is 51.0 Å². The van der Waals surface area contributed by atoms with E-state index >= 15 is 0 Å². The molecule has 0 radical (unpaired) electrons. The molecule has 2 heterocycles. The van der Waals surface area contributed by atoms with Crippen molar-refractivity contribution in [3.8, 4) is 0 Å². The number of piperazine rings is 1. The van der Waals surface area contributed by atoms with Gasteiger partial charge in [-0.15, -0.1) is 0 Å². The first-order valence-corrected chi connectivity index (χ1v) is 11.0. The molecule has 0 N–H and O–H groups in total. The first-order chi connectivity index (χ1) is 12.7. The summed E-state index contributed by atoms with van der Waals surface area (Å²) in [7, 11) is -1.46. The number of hydrogen-bond acceptors (Lipinski definition) is 4. The molecule has 1 aromatic heterocycles. The van der Waals surface area contributed by atoms with Crippen LogP contribution in [0.25, 0.3) is 0 Å². The lowest BCUT2D eigenvalue weighted by Gasteiger charge is -2.34. The van der Waals surface area contributed by atoms with Gasteiger partial charge in [-0.2, -0.15) is 9.40 Å². The normalized spacial score (nSPS) is 17.0. The Morgan fingerprint density at radius 2 is 1.63 bits per heavy atom. The van der Waals surface area contributed by atoms with Crippen LogP contribution in [0.15, 0.2) is 29.2 Å². The van der Waals surface area contributed by atoms with Gasteiger partial charge in [0.25, 0.3) is 0 Å². The molecule has 7 heteroatoms. The van der Waals surface area contributed by atoms with E-state index in [2.05, 4.69) is 30.8 Å². The lowest BCUT2D eigenvalue weighted by atomic mass is 10.0. The average Bonchev–Trinajstić information content (AvgIpc) is 2.88. The first kappa shape index (κ1) is 20.0. The minimum Gasteiger partial charge on any atom is -0.296 e. The van der Waals surface area contributed by atoms with Crippen LogP contribution in [0, 0.1) is 13.8 Å². The summed E-state index contributed by atoms with van der Waals surface area (Å²) in [4.78, 5) is 2.70. The van der Waals surface area contributed by atoms with Crippen molar-refractivity contribution in [2.75, 3.05) is 26.2 Å². The minimum absolute atomic E-state index is 0.388. The third-order valence-corrected chi connectivity index (χ3v) is 7.47. The Balaban J connectivity index is 1.65. The number of benzene rings is 1. The molecule has 1 aliphatic heterocycles. The molecule has 0 unspecified atom stereocenters. The van der Waals surface area contributed by atoms with E-state index in [0.29, 0.717) is 23.9 Å². The number of nitrogens with zero attached hydrogens (tertiary/aromatic N) is 4. The Morgan fingerprint density at radius 3 is 2.11 bits per heavy atom. The van der Waals surface area contributed by atoms with Gasteiger partial charge in [-0.3, -0.25) is 9.58 Å². The summed E-state index contributed by atoms with van der Waals surface area (Å²) >= 11 is 0. The third-order valence-electron chi connectivity index (χ3n) is 5.56. The quantitative estimate of drug-likeness (QED) is 0.788. The van der Waals surface area contributed by atoms with Crippen molar-refractivity contribution in [2.45, 2.75) is 45.1 Å². The van der Waals surface area contributed by atoms with Crippen molar-refractivity contribution in [3.05, 3.63) is 46.8 Å². The second-order valence-corrected chi connectivity index (χ2v) is 9.61. The van der Waals surface area contributed by atoms with Crippen molar-refractivity contribution >= 4 is 10.0 Å². The molecule has 0 atom stereocenters. The SMILES string of the molecule is Cc1nn(C)c(C)c1CN1CCN(S(=O)(=O)c2ccc(C(C)C)cc2)CC1. The molecule has 27 heavy (non-hydrogen) atoms. The summed E-state index contributed by atoms with van der Waals surface area (Å²) in [5, 5.41) is 4.47. The predicted octanol–water partition coefficient (Wildman–Crippen LogP) is 2.67. The zero-order chi connectivity index (χ0) is 19.8. The van der Waals surface area contributed by atoms with Gasteiger partial charge in [0.05, 0.1) is 10.6 Å². The molecule has 0 saturated carbocycles. The van der Waals surface area contributed by atoms with Crippen LogP contribution in [-0.2, 0) is 23.6 Å². The Bertz CT molecular complexity index is 893. The molecule has 1 saturated heterocycles. The van der Waals surface area contributed by atoms with Crippen LogP contribution in [0.5, 0.6) is 0 Å². The molecule has 0 amide bonds. The Hall–Kier alpha value is -1.70. The highest BCUT2D eigenvalue weighted by atomic mass is 32.2. The molecular weight excluding hydrogens is 360 g/mol. The second-order valence-electron chi connectivity index (χ2n) is 7.68. The fraction of sp³-hybridized carbons (Fsp3) is 0.550. The van der Waals surface area contributed by atoms with Crippen LogP contribution in [0.3, 0.4) is 0 Å². The maximum atomic E-state index is 12.9. The smallest absolute Gasteiger partial charge is 0.243 e. The molecule has 2 aromatic rings. The van der Waals surface area contributed by atoms with E-state index in [1.165, 1.54) is 11.3 Å². The van der Waals surface area contributed by atoms with Crippen LogP contribution in [-0.4, -0.2) is 53.6 Å². The summed E-state index contributed by atoms with van der Waals surface area (Å²) < 4.78 is 29.4. The maximum Gasteiger partial charge on any atom is 0.243 e. The molecule has 1 aliphatic rings. The highest BCUT2D eigenvalue weighted by Crippen LogP contribution is 2.22. The van der Waals surface area contributed by atoms with E-state index in [9.17, 15) is 8.42 Å². The van der Waals surface area contributed by atoms with Gasteiger partial charge in [-0.25, -0.2) is 8.42 Å². The number of rotatable bonds is 5. The largest absolute Gasteiger partial charge is 0.296 e. The zero-order valence-electron chi connectivity index (χ0n) is 16.9. The second kappa shape index (κ2) is 7.73. The number of hydrogen-bond donors (Lipinski definition) is 0. The monoisotopic (exact) mass is 390 g/mol. The number of aryl methyl sites for hydroxylation is 2. The molecule has 148 valence electrons. The van der Waals surface area contributed by atoms with Gasteiger partial charge in [0.15, 0.2) is 0 Å². The summed E-state index contributed by atoms with van der Waals surface area (Å²) in [5.74, 6) is 0.393. The highest BCUT2D eigenvalue weighted by Gasteiger charge is 2.29. The fourth-order valence-corrected chi connectivity index (χ4v) is 4.99. The molecule has 1 aromatic carbocycles. The van der Waals surface area contributed by atoms with E-state index < -0.39 is 10.0 Å². The molecule has 1 fully saturated rings. The van der Waals surface area contributed by atoms with Crippen molar-refractivity contribution in [3.63, 3.8) is 0 Å². The fourth-order valence-electron chi connectivity index (χ4n) is 3.57. The molecule has 6 nitrogen and oxygen atoms in total. The van der Waals surface area contributed by atoms with Crippen LogP contribution in [0.2, 0.25) is 0 Å². The lowest BCUT2D eigenvalue weighted by molar-refractivity contribution is 0.181. The van der Waals surface area contributed by atoms with E-state index in [4.69, 9.17) is 0 Å². The Kier molecular flexibility index (Phi) is 5.74. The van der Waals surface area contributed by atoms with Crippen LogP contribution < -0.4 is 0 Å². The van der Waals surface area contributed by atoms with Gasteiger partial charge in [0.1, 0.15) is 0 Å². The van der Waals surface area contributed by atoms with Gasteiger partial charge < -0.3 is 0 Å². The summed E-state index contributed by atoms with van der Waals surface area (Å²) in [6, 6.07) is 7.31. The Labute approximate surface area is 162 Å². The third kappa shape index (κ3) is 4.10. The number of aromatic nitrogens is 2. The van der Waals surface area contributed by atoms with E-state index in [-0.39, 0.29) is 0 Å². The van der Waals surface area contributed by atoms with Crippen molar-refractivity contribution in [1.82, 2.24) is 19.0 Å². The summed E-state index contributed by atoms with van der Waals surface area (Å²) in [6.07, 6.45) is 0. The maximum absolute atomic E-state index is 12.9. The summed E-state index contributed by atoms with van der Waals surface area (Å²) in [6.45, 7) is 11.7. The topological polar surface area (TPSA) is 58.4 Å². The molecule has 0 aliphatic carbocycles. The summed E-state index contributed by atoms with van der Waals surface area (Å²) in [5.41, 5.74) is 4.63. The Morgan fingerprint density at radius 1 is 1.04 bits per heavy atom. The average molecular weight is 391 g/mol. The zero-order valence-corrected chi connectivity index (χ0v) is 17.8. The first-order valence-electron chi connectivity index (χ1n) is 9.51. The highest BCUT2D eigenvalue weighted by molar-refractivity contribution is 7.89. The van der Waals surface area contributed by atoms with E-state index in [1.54, 1.807) is 16.4 Å². The van der Waals surface area contributed by atoms with Crippen molar-refractivity contribution < 1.29 is 8.42 Å². The lowest BCUT2D eigenvalue weighted by Crippen LogP contribution is -2.48.